The number of benzene rings is 1. The van der Waals surface area contributed by atoms with Gasteiger partial charge in [0.1, 0.15) is 0 Å². The normalized spacial score (nSPS) is 20.9. The SMILES string of the molecule is Cc1cccc(N2CCC(C#N)C2)c1. The highest BCUT2D eigenvalue weighted by Crippen LogP contribution is 2.23. The first-order chi connectivity index (χ1) is 6.79. The molecule has 1 aromatic rings. The molecule has 1 saturated heterocycles. The van der Waals surface area contributed by atoms with Crippen LogP contribution in [0.4, 0.5) is 5.69 Å². The van der Waals surface area contributed by atoms with Crippen LogP contribution in [0.15, 0.2) is 24.3 Å². The van der Waals surface area contributed by atoms with Crippen LogP contribution < -0.4 is 4.90 Å². The maximum absolute atomic E-state index is 8.81. The van der Waals surface area contributed by atoms with Crippen molar-refractivity contribution in [2.24, 2.45) is 5.92 Å². The molecule has 0 N–H and O–H groups in total. The van der Waals surface area contributed by atoms with E-state index in [1.165, 1.54) is 11.3 Å². The summed E-state index contributed by atoms with van der Waals surface area (Å²) in [5, 5.41) is 8.81. The Balaban J connectivity index is 2.14. The van der Waals surface area contributed by atoms with Crippen molar-refractivity contribution in [1.29, 1.82) is 5.26 Å². The minimum absolute atomic E-state index is 0.218. The average Bonchev–Trinajstić information content (AvgIpc) is 2.66. The van der Waals surface area contributed by atoms with E-state index in [9.17, 15) is 0 Å². The molecule has 0 amide bonds. The number of nitriles is 1. The second-order valence-corrected chi connectivity index (χ2v) is 3.90. The van der Waals surface area contributed by atoms with E-state index < -0.39 is 0 Å². The maximum Gasteiger partial charge on any atom is 0.0675 e. The molecule has 0 aliphatic carbocycles. The molecule has 72 valence electrons. The summed E-state index contributed by atoms with van der Waals surface area (Å²) < 4.78 is 0. The van der Waals surface area contributed by atoms with Crippen LogP contribution in [0.5, 0.6) is 0 Å². The number of anilines is 1. The summed E-state index contributed by atoms with van der Waals surface area (Å²) in [5.74, 6) is 0.218. The molecule has 0 saturated carbocycles. The van der Waals surface area contributed by atoms with Gasteiger partial charge in [-0.05, 0) is 31.0 Å². The van der Waals surface area contributed by atoms with Gasteiger partial charge in [-0.1, -0.05) is 12.1 Å². The third-order valence-corrected chi connectivity index (χ3v) is 2.74. The Labute approximate surface area is 84.8 Å². The summed E-state index contributed by atoms with van der Waals surface area (Å²) >= 11 is 0. The lowest BCUT2D eigenvalue weighted by molar-refractivity contribution is 0.755. The molecule has 1 unspecified atom stereocenters. The highest BCUT2D eigenvalue weighted by atomic mass is 15.1. The van der Waals surface area contributed by atoms with Gasteiger partial charge in [-0.15, -0.1) is 0 Å². The zero-order valence-electron chi connectivity index (χ0n) is 8.40. The second kappa shape index (κ2) is 3.71. The fraction of sp³-hybridized carbons (Fsp3) is 0.417. The molecule has 2 nitrogen and oxygen atoms in total. The molecule has 1 fully saturated rings. The molecular formula is C12H14N2. The van der Waals surface area contributed by atoms with Crippen molar-refractivity contribution in [3.05, 3.63) is 29.8 Å². The van der Waals surface area contributed by atoms with E-state index >= 15 is 0 Å². The molecule has 1 atom stereocenters. The van der Waals surface area contributed by atoms with Crippen LogP contribution in [0.3, 0.4) is 0 Å². The van der Waals surface area contributed by atoms with E-state index in [0.717, 1.165) is 19.5 Å². The molecule has 1 heterocycles. The van der Waals surface area contributed by atoms with Gasteiger partial charge in [0, 0.05) is 18.8 Å². The molecule has 2 rings (SSSR count). The molecule has 1 aliphatic heterocycles. The van der Waals surface area contributed by atoms with Gasteiger partial charge in [0.25, 0.3) is 0 Å². The molecule has 1 aromatic carbocycles. The van der Waals surface area contributed by atoms with Crippen LogP contribution in [0.1, 0.15) is 12.0 Å². The Hall–Kier alpha value is -1.49. The minimum atomic E-state index is 0.218. The lowest BCUT2D eigenvalue weighted by Crippen LogP contribution is -2.19. The van der Waals surface area contributed by atoms with Crippen LogP contribution in [-0.4, -0.2) is 13.1 Å². The zero-order valence-corrected chi connectivity index (χ0v) is 8.40. The Kier molecular flexibility index (Phi) is 2.41. The second-order valence-electron chi connectivity index (χ2n) is 3.90. The predicted molar refractivity (Wildman–Crippen MR) is 57.1 cm³/mol. The lowest BCUT2D eigenvalue weighted by Gasteiger charge is -2.17. The Morgan fingerprint density at radius 3 is 3.00 bits per heavy atom. The fourth-order valence-electron chi connectivity index (χ4n) is 1.92. The summed E-state index contributed by atoms with van der Waals surface area (Å²) in [6.07, 6.45) is 1.00. The van der Waals surface area contributed by atoms with Crippen molar-refractivity contribution in [3.63, 3.8) is 0 Å². The largest absolute Gasteiger partial charge is 0.370 e. The van der Waals surface area contributed by atoms with Crippen molar-refractivity contribution < 1.29 is 0 Å². The van der Waals surface area contributed by atoms with Gasteiger partial charge in [0.2, 0.25) is 0 Å². The third kappa shape index (κ3) is 1.72. The predicted octanol–water partition coefficient (Wildman–Crippen LogP) is 2.34. The first kappa shape index (κ1) is 9.08. The lowest BCUT2D eigenvalue weighted by atomic mass is 10.1. The molecule has 1 aliphatic rings. The van der Waals surface area contributed by atoms with E-state index in [-0.39, 0.29) is 5.92 Å². The number of rotatable bonds is 1. The van der Waals surface area contributed by atoms with E-state index in [1.807, 2.05) is 0 Å². The monoisotopic (exact) mass is 186 g/mol. The highest BCUT2D eigenvalue weighted by Gasteiger charge is 2.21. The molecular weight excluding hydrogens is 172 g/mol. The standard InChI is InChI=1S/C12H14N2/c1-10-3-2-4-12(7-10)14-6-5-11(8-13)9-14/h2-4,7,11H,5-6,9H2,1H3. The highest BCUT2D eigenvalue weighted by molar-refractivity contribution is 5.49. The van der Waals surface area contributed by atoms with Crippen molar-refractivity contribution in [1.82, 2.24) is 0 Å². The van der Waals surface area contributed by atoms with Crippen LogP contribution in [0.25, 0.3) is 0 Å². The first-order valence-corrected chi connectivity index (χ1v) is 5.01. The van der Waals surface area contributed by atoms with Crippen molar-refractivity contribution in [3.8, 4) is 6.07 Å². The molecule has 14 heavy (non-hydrogen) atoms. The topological polar surface area (TPSA) is 27.0 Å². The molecule has 2 heteroatoms. The van der Waals surface area contributed by atoms with E-state index in [4.69, 9.17) is 5.26 Å². The van der Waals surface area contributed by atoms with Gasteiger partial charge in [-0.2, -0.15) is 5.26 Å². The molecule has 0 radical (unpaired) electrons. The van der Waals surface area contributed by atoms with Crippen molar-refractivity contribution >= 4 is 5.69 Å². The molecule has 0 bridgehead atoms. The van der Waals surface area contributed by atoms with Gasteiger partial charge >= 0.3 is 0 Å². The number of aryl methyl sites for hydroxylation is 1. The Bertz CT molecular complexity index is 365. The molecule has 0 spiro atoms. The van der Waals surface area contributed by atoms with Crippen LogP contribution in [0.2, 0.25) is 0 Å². The van der Waals surface area contributed by atoms with Gasteiger partial charge < -0.3 is 4.90 Å². The van der Waals surface area contributed by atoms with Crippen molar-refractivity contribution in [2.45, 2.75) is 13.3 Å². The summed E-state index contributed by atoms with van der Waals surface area (Å²) in [6, 6.07) is 10.8. The molecule has 0 aromatic heterocycles. The van der Waals surface area contributed by atoms with Gasteiger partial charge in [0.15, 0.2) is 0 Å². The fourth-order valence-corrected chi connectivity index (χ4v) is 1.92. The van der Waals surface area contributed by atoms with Gasteiger partial charge in [-0.3, -0.25) is 0 Å². The Morgan fingerprint density at radius 1 is 1.50 bits per heavy atom. The minimum Gasteiger partial charge on any atom is -0.370 e. The summed E-state index contributed by atoms with van der Waals surface area (Å²) in [4.78, 5) is 2.29. The number of nitrogens with zero attached hydrogens (tertiary/aromatic N) is 2. The number of hydrogen-bond acceptors (Lipinski definition) is 2. The van der Waals surface area contributed by atoms with Crippen LogP contribution >= 0.6 is 0 Å². The van der Waals surface area contributed by atoms with Crippen LogP contribution in [-0.2, 0) is 0 Å². The quantitative estimate of drug-likeness (QED) is 0.673. The van der Waals surface area contributed by atoms with Crippen LogP contribution in [0, 0.1) is 24.2 Å². The van der Waals surface area contributed by atoms with Gasteiger partial charge in [0.05, 0.1) is 12.0 Å². The van der Waals surface area contributed by atoms with E-state index in [0.29, 0.717) is 0 Å². The smallest absolute Gasteiger partial charge is 0.0675 e. The first-order valence-electron chi connectivity index (χ1n) is 5.01. The third-order valence-electron chi connectivity index (χ3n) is 2.74. The van der Waals surface area contributed by atoms with E-state index in [2.05, 4.69) is 42.2 Å². The summed E-state index contributed by atoms with van der Waals surface area (Å²) in [6.45, 7) is 4.00. The van der Waals surface area contributed by atoms with Crippen molar-refractivity contribution in [2.75, 3.05) is 18.0 Å². The summed E-state index contributed by atoms with van der Waals surface area (Å²) in [7, 11) is 0. The number of hydrogen-bond donors (Lipinski definition) is 0. The van der Waals surface area contributed by atoms with Gasteiger partial charge in [-0.25, -0.2) is 0 Å². The zero-order chi connectivity index (χ0) is 9.97. The summed E-state index contributed by atoms with van der Waals surface area (Å²) in [5.41, 5.74) is 2.53. The van der Waals surface area contributed by atoms with E-state index in [1.54, 1.807) is 0 Å². The maximum atomic E-state index is 8.81. The average molecular weight is 186 g/mol. The Morgan fingerprint density at radius 2 is 2.36 bits per heavy atom.